The molecule has 1 fully saturated rings. The molecule has 0 atom stereocenters. The first-order valence-electron chi connectivity index (χ1n) is 8.91. The Balaban J connectivity index is 1.63. The molecule has 1 aliphatic heterocycles. The Morgan fingerprint density at radius 3 is 2.48 bits per heavy atom. The number of amidine groups is 1. The molecule has 146 valence electrons. The van der Waals surface area contributed by atoms with Crippen molar-refractivity contribution in [2.24, 2.45) is 4.99 Å². The van der Waals surface area contributed by atoms with Crippen LogP contribution in [0.4, 0.5) is 5.69 Å². The highest BCUT2D eigenvalue weighted by Gasteiger charge is 2.24. The quantitative estimate of drug-likeness (QED) is 0.320. The maximum absolute atomic E-state index is 12.4. The van der Waals surface area contributed by atoms with Gasteiger partial charge in [0.05, 0.1) is 10.6 Å². The fourth-order valence-electron chi connectivity index (χ4n) is 3.18. The third kappa shape index (κ3) is 4.44. The SMILES string of the molecule is Cc1cc(/C=C2\SC(=Nc3ccc(Cl)cc3)NC2=O)c(C)n1-c1ccc(I)cc1. The van der Waals surface area contributed by atoms with E-state index in [1.54, 1.807) is 12.1 Å². The number of amides is 1. The van der Waals surface area contributed by atoms with Crippen molar-refractivity contribution in [1.82, 2.24) is 9.88 Å². The molecule has 0 radical (unpaired) electrons. The summed E-state index contributed by atoms with van der Waals surface area (Å²) in [6.45, 7) is 4.14. The van der Waals surface area contributed by atoms with Gasteiger partial charge in [0, 0.05) is 25.7 Å². The third-order valence-electron chi connectivity index (χ3n) is 4.55. The molecule has 0 unspecified atom stereocenters. The van der Waals surface area contributed by atoms with Gasteiger partial charge in [0.1, 0.15) is 0 Å². The van der Waals surface area contributed by atoms with Gasteiger partial charge in [-0.1, -0.05) is 11.6 Å². The van der Waals surface area contributed by atoms with Crippen molar-refractivity contribution < 1.29 is 4.79 Å². The van der Waals surface area contributed by atoms with Crippen molar-refractivity contribution in [3.8, 4) is 5.69 Å². The van der Waals surface area contributed by atoms with Crippen LogP contribution >= 0.6 is 46.0 Å². The first-order chi connectivity index (χ1) is 13.9. The van der Waals surface area contributed by atoms with Crippen molar-refractivity contribution in [3.63, 3.8) is 0 Å². The molecule has 0 saturated carbocycles. The summed E-state index contributed by atoms with van der Waals surface area (Å²) < 4.78 is 3.39. The average molecular weight is 534 g/mol. The summed E-state index contributed by atoms with van der Waals surface area (Å²) in [5, 5.41) is 4.05. The van der Waals surface area contributed by atoms with Crippen molar-refractivity contribution in [1.29, 1.82) is 0 Å². The van der Waals surface area contributed by atoms with Crippen LogP contribution in [-0.2, 0) is 4.79 Å². The molecule has 1 amide bonds. The van der Waals surface area contributed by atoms with Gasteiger partial charge in [-0.15, -0.1) is 0 Å². The van der Waals surface area contributed by atoms with Crippen LogP contribution in [0.25, 0.3) is 11.8 Å². The Labute approximate surface area is 192 Å². The average Bonchev–Trinajstić information content (AvgIpc) is 3.17. The molecule has 0 bridgehead atoms. The molecule has 1 saturated heterocycles. The summed E-state index contributed by atoms with van der Waals surface area (Å²) >= 11 is 9.55. The van der Waals surface area contributed by atoms with Crippen LogP contribution < -0.4 is 5.32 Å². The predicted octanol–water partition coefficient (Wildman–Crippen LogP) is 6.24. The van der Waals surface area contributed by atoms with Gasteiger partial charge in [0.2, 0.25) is 0 Å². The third-order valence-corrected chi connectivity index (χ3v) is 6.43. The van der Waals surface area contributed by atoms with Crippen LogP contribution in [0.2, 0.25) is 5.02 Å². The minimum Gasteiger partial charge on any atom is -0.318 e. The number of hydrogen-bond acceptors (Lipinski definition) is 3. The van der Waals surface area contributed by atoms with Gasteiger partial charge in [0.25, 0.3) is 5.91 Å². The Kier molecular flexibility index (Phi) is 5.85. The van der Waals surface area contributed by atoms with E-state index in [2.05, 4.69) is 81.6 Å². The monoisotopic (exact) mass is 533 g/mol. The van der Waals surface area contributed by atoms with Gasteiger partial charge in [-0.2, -0.15) is 0 Å². The summed E-state index contributed by atoms with van der Waals surface area (Å²) in [5.41, 5.74) is 5.09. The number of aliphatic imine (C=N–C) groups is 1. The van der Waals surface area contributed by atoms with E-state index in [1.165, 1.54) is 15.3 Å². The lowest BCUT2D eigenvalue weighted by Crippen LogP contribution is -2.19. The van der Waals surface area contributed by atoms with Gasteiger partial charge in [-0.3, -0.25) is 4.79 Å². The van der Waals surface area contributed by atoms with E-state index in [-0.39, 0.29) is 5.91 Å². The van der Waals surface area contributed by atoms with Crippen molar-refractivity contribution in [2.45, 2.75) is 13.8 Å². The number of nitrogens with zero attached hydrogens (tertiary/aromatic N) is 2. The number of benzene rings is 2. The normalized spacial score (nSPS) is 16.6. The smallest absolute Gasteiger partial charge is 0.264 e. The van der Waals surface area contributed by atoms with Gasteiger partial charge in [-0.05, 0) is 114 Å². The van der Waals surface area contributed by atoms with Crippen LogP contribution in [-0.4, -0.2) is 15.6 Å². The van der Waals surface area contributed by atoms with Gasteiger partial charge in [0.15, 0.2) is 5.17 Å². The Hall–Kier alpha value is -2.03. The minimum absolute atomic E-state index is 0.137. The molecule has 4 nitrogen and oxygen atoms in total. The van der Waals surface area contributed by atoms with Crippen molar-refractivity contribution >= 4 is 68.8 Å². The molecule has 29 heavy (non-hydrogen) atoms. The molecule has 1 aromatic heterocycles. The number of hydrogen-bond donors (Lipinski definition) is 1. The van der Waals surface area contributed by atoms with E-state index in [4.69, 9.17) is 11.6 Å². The van der Waals surface area contributed by atoms with Gasteiger partial charge in [-0.25, -0.2) is 4.99 Å². The second kappa shape index (κ2) is 8.38. The zero-order chi connectivity index (χ0) is 20.5. The first kappa shape index (κ1) is 20.3. The number of thioether (sulfide) groups is 1. The fourth-order valence-corrected chi connectivity index (χ4v) is 4.49. The number of halogens is 2. The van der Waals surface area contributed by atoms with E-state index in [0.717, 1.165) is 28.3 Å². The minimum atomic E-state index is -0.137. The molecule has 4 rings (SSSR count). The van der Waals surface area contributed by atoms with Gasteiger partial charge >= 0.3 is 0 Å². The number of aryl methyl sites for hydroxylation is 1. The first-order valence-corrected chi connectivity index (χ1v) is 11.2. The predicted molar refractivity (Wildman–Crippen MR) is 130 cm³/mol. The fraction of sp³-hybridized carbons (Fsp3) is 0.0909. The maximum Gasteiger partial charge on any atom is 0.264 e. The molecule has 7 heteroatoms. The number of rotatable bonds is 3. The maximum atomic E-state index is 12.4. The van der Waals surface area contributed by atoms with E-state index < -0.39 is 0 Å². The van der Waals surface area contributed by atoms with E-state index in [9.17, 15) is 4.79 Å². The van der Waals surface area contributed by atoms with E-state index >= 15 is 0 Å². The Morgan fingerprint density at radius 2 is 1.79 bits per heavy atom. The molecule has 3 aromatic rings. The zero-order valence-electron chi connectivity index (χ0n) is 15.7. The Bertz CT molecular complexity index is 1150. The summed E-state index contributed by atoms with van der Waals surface area (Å²) in [6.07, 6.45) is 1.93. The highest BCUT2D eigenvalue weighted by Crippen LogP contribution is 2.30. The van der Waals surface area contributed by atoms with Crippen molar-refractivity contribution in [2.75, 3.05) is 0 Å². The standard InChI is InChI=1S/C22H17ClIN3OS/c1-13-11-15(14(2)27(13)19-9-5-17(24)6-10-19)12-20-21(28)26-22(29-20)25-18-7-3-16(23)4-8-18/h3-12H,1-2H3,(H,25,26,28)/b20-12-. The molecule has 0 aliphatic carbocycles. The summed E-state index contributed by atoms with van der Waals surface area (Å²) in [7, 11) is 0. The Morgan fingerprint density at radius 1 is 1.10 bits per heavy atom. The molecule has 1 N–H and O–H groups in total. The second-order valence-corrected chi connectivity index (χ2v) is 9.31. The number of nitrogens with one attached hydrogen (secondary N) is 1. The van der Waals surface area contributed by atoms with E-state index in [1.807, 2.05) is 18.2 Å². The van der Waals surface area contributed by atoms with Crippen LogP contribution in [0, 0.1) is 17.4 Å². The lowest BCUT2D eigenvalue weighted by atomic mass is 10.2. The topological polar surface area (TPSA) is 46.4 Å². The lowest BCUT2D eigenvalue weighted by molar-refractivity contribution is -0.115. The van der Waals surface area contributed by atoms with Crippen LogP contribution in [0.15, 0.2) is 64.5 Å². The number of carbonyl (C=O) groups is 1. The second-order valence-electron chi connectivity index (χ2n) is 6.60. The highest BCUT2D eigenvalue weighted by atomic mass is 127. The summed E-state index contributed by atoms with van der Waals surface area (Å²) in [4.78, 5) is 17.5. The largest absolute Gasteiger partial charge is 0.318 e. The lowest BCUT2D eigenvalue weighted by Gasteiger charge is -2.09. The number of aromatic nitrogens is 1. The summed E-state index contributed by atoms with van der Waals surface area (Å²) in [6, 6.07) is 17.7. The highest BCUT2D eigenvalue weighted by molar-refractivity contribution is 14.1. The van der Waals surface area contributed by atoms with Gasteiger partial charge < -0.3 is 9.88 Å². The van der Waals surface area contributed by atoms with Crippen LogP contribution in [0.5, 0.6) is 0 Å². The molecular weight excluding hydrogens is 517 g/mol. The van der Waals surface area contributed by atoms with Crippen LogP contribution in [0.3, 0.4) is 0 Å². The van der Waals surface area contributed by atoms with E-state index in [0.29, 0.717) is 15.1 Å². The molecule has 2 aromatic carbocycles. The zero-order valence-corrected chi connectivity index (χ0v) is 19.5. The molecular formula is C22H17ClIN3OS. The molecule has 2 heterocycles. The number of carbonyl (C=O) groups excluding carboxylic acids is 1. The summed E-state index contributed by atoms with van der Waals surface area (Å²) in [5.74, 6) is -0.137. The molecule has 1 aliphatic rings. The van der Waals surface area contributed by atoms with Crippen LogP contribution in [0.1, 0.15) is 17.0 Å². The van der Waals surface area contributed by atoms with Crippen molar-refractivity contribution in [3.05, 3.63) is 85.0 Å². The molecule has 0 spiro atoms.